The maximum atomic E-state index is 11.8. The minimum absolute atomic E-state index is 0.0310. The Hall–Kier alpha value is -3.04. The summed E-state index contributed by atoms with van der Waals surface area (Å²) < 4.78 is 10.0. The predicted molar refractivity (Wildman–Crippen MR) is 93.2 cm³/mol. The van der Waals surface area contributed by atoms with E-state index in [1.54, 1.807) is 0 Å². The summed E-state index contributed by atoms with van der Waals surface area (Å²) in [4.78, 5) is 33.1. The third-order valence-electron chi connectivity index (χ3n) is 3.61. The fraction of sp³-hybridized carbons (Fsp3) is 0.500. The van der Waals surface area contributed by atoms with Gasteiger partial charge in [-0.3, -0.25) is 5.32 Å². The van der Waals surface area contributed by atoms with Crippen LogP contribution in [0.3, 0.4) is 0 Å². The van der Waals surface area contributed by atoms with Crippen molar-refractivity contribution in [2.45, 2.75) is 26.2 Å². The van der Waals surface area contributed by atoms with Gasteiger partial charge in [0.25, 0.3) is 5.62 Å². The number of methoxy groups -OCH3 is 1. The Kier molecular flexibility index (Phi) is 7.01. The molecule has 0 radical (unpaired) electrons. The minimum Gasteiger partial charge on any atom is -0.453 e. The zero-order chi connectivity index (χ0) is 18.9. The molecule has 2 N–H and O–H groups in total. The van der Waals surface area contributed by atoms with Gasteiger partial charge in [0.05, 0.1) is 13.7 Å². The van der Waals surface area contributed by atoms with Gasteiger partial charge in [-0.15, -0.1) is 9.72 Å². The minimum atomic E-state index is -0.867. The molecule has 1 aliphatic heterocycles. The molecular formula is C16H23N5O5. The zero-order valence-electron chi connectivity index (χ0n) is 14.8. The summed E-state index contributed by atoms with van der Waals surface area (Å²) in [6.07, 6.45) is 4.80. The number of hydrogen-bond donors (Lipinski definition) is 2. The number of carbonyl (C=O) groups excluding carboxylic acids is 2. The number of unbranched alkanes of at least 4 members (excludes halogenated alkanes) is 1. The third kappa shape index (κ3) is 5.23. The van der Waals surface area contributed by atoms with Gasteiger partial charge in [0.2, 0.25) is 0 Å². The largest absolute Gasteiger partial charge is 0.453 e. The molecule has 26 heavy (non-hydrogen) atoms. The summed E-state index contributed by atoms with van der Waals surface area (Å²) in [6, 6.07) is 1.47. The van der Waals surface area contributed by atoms with Gasteiger partial charge in [0, 0.05) is 19.2 Å². The molecule has 0 saturated heterocycles. The van der Waals surface area contributed by atoms with Crippen LogP contribution in [0.5, 0.6) is 0 Å². The van der Waals surface area contributed by atoms with Crippen LogP contribution in [0, 0.1) is 0 Å². The molecule has 142 valence electrons. The zero-order valence-corrected chi connectivity index (χ0v) is 14.8. The van der Waals surface area contributed by atoms with Crippen molar-refractivity contribution < 1.29 is 24.3 Å². The second-order valence-electron chi connectivity index (χ2n) is 5.51. The number of nitrogens with zero attached hydrogens (tertiary/aromatic N) is 4. The highest BCUT2D eigenvalue weighted by Crippen LogP contribution is 2.16. The molecule has 2 amide bonds. The summed E-state index contributed by atoms with van der Waals surface area (Å²) in [5.74, 6) is 0.419. The van der Waals surface area contributed by atoms with Crippen LogP contribution in [0.1, 0.15) is 26.2 Å². The van der Waals surface area contributed by atoms with Gasteiger partial charge >= 0.3 is 12.2 Å². The third-order valence-corrected chi connectivity index (χ3v) is 3.61. The molecule has 1 aromatic rings. The molecule has 0 atom stereocenters. The molecule has 1 aromatic heterocycles. The molecule has 10 heteroatoms. The maximum Gasteiger partial charge on any atom is 0.437 e. The Balaban J connectivity index is 2.37. The van der Waals surface area contributed by atoms with E-state index in [-0.39, 0.29) is 18.0 Å². The summed E-state index contributed by atoms with van der Waals surface area (Å²) in [6.45, 7) is 3.52. The van der Waals surface area contributed by atoms with Crippen molar-refractivity contribution in [3.63, 3.8) is 0 Å². The number of nitrogens with one attached hydrogen (secondary N) is 1. The Morgan fingerprint density at radius 1 is 1.42 bits per heavy atom. The molecule has 0 aliphatic carbocycles. The lowest BCUT2D eigenvalue weighted by Gasteiger charge is -2.25. The second kappa shape index (κ2) is 9.44. The standard InChI is InChI=1S/C16H23N5O5/c1-3-4-10-26-16(23)19-14-17-12(20-8-6-5-7-9-20)11-13(21(14)24)18-15(22)25-2/h5-6,11,24H,3-4,7-10H2,1-2H3,(H,18,22). The molecule has 0 aromatic carbocycles. The van der Waals surface area contributed by atoms with Crippen molar-refractivity contribution in [1.82, 2.24) is 9.71 Å². The first-order chi connectivity index (χ1) is 12.5. The number of anilines is 2. The topological polar surface area (TPSA) is 118 Å². The lowest BCUT2D eigenvalue weighted by Crippen LogP contribution is -2.34. The van der Waals surface area contributed by atoms with Gasteiger partial charge in [-0.1, -0.05) is 25.5 Å². The molecule has 2 heterocycles. The van der Waals surface area contributed by atoms with E-state index in [4.69, 9.17) is 4.74 Å². The van der Waals surface area contributed by atoms with Crippen molar-refractivity contribution in [2.75, 3.05) is 37.0 Å². The van der Waals surface area contributed by atoms with Crippen LogP contribution in [0.15, 0.2) is 23.2 Å². The van der Waals surface area contributed by atoms with Gasteiger partial charge < -0.3 is 19.6 Å². The fourth-order valence-corrected chi connectivity index (χ4v) is 2.22. The number of hydrogen-bond acceptors (Lipinski definition) is 7. The van der Waals surface area contributed by atoms with Crippen LogP contribution in [0.4, 0.5) is 21.2 Å². The first kappa shape index (κ1) is 19.3. The molecule has 0 unspecified atom stereocenters. The van der Waals surface area contributed by atoms with Crippen molar-refractivity contribution in [1.29, 1.82) is 0 Å². The van der Waals surface area contributed by atoms with E-state index in [0.29, 0.717) is 30.1 Å². The van der Waals surface area contributed by atoms with Crippen LogP contribution >= 0.6 is 0 Å². The van der Waals surface area contributed by atoms with Crippen molar-refractivity contribution in [3.8, 4) is 0 Å². The molecule has 0 saturated carbocycles. The quantitative estimate of drug-likeness (QED) is 0.465. The van der Waals surface area contributed by atoms with Crippen LogP contribution in [0.25, 0.3) is 0 Å². The smallest absolute Gasteiger partial charge is 0.437 e. The van der Waals surface area contributed by atoms with E-state index in [2.05, 4.69) is 26.1 Å². The van der Waals surface area contributed by atoms with E-state index < -0.39 is 12.2 Å². The van der Waals surface area contributed by atoms with E-state index in [9.17, 15) is 14.8 Å². The second-order valence-corrected chi connectivity index (χ2v) is 5.51. The average Bonchev–Trinajstić information content (AvgIpc) is 2.65. The van der Waals surface area contributed by atoms with Gasteiger partial charge in [-0.2, -0.15) is 4.98 Å². The van der Waals surface area contributed by atoms with Gasteiger partial charge in [-0.05, 0) is 12.8 Å². The van der Waals surface area contributed by atoms with Crippen LogP contribution in [-0.2, 0) is 9.47 Å². The molecule has 0 bridgehead atoms. The lowest BCUT2D eigenvalue weighted by molar-refractivity contribution is 0.147. The summed E-state index contributed by atoms with van der Waals surface area (Å²) in [5, 5.41) is 12.6. The van der Waals surface area contributed by atoms with Gasteiger partial charge in [0.1, 0.15) is 5.82 Å². The van der Waals surface area contributed by atoms with E-state index in [0.717, 1.165) is 12.8 Å². The first-order valence-electron chi connectivity index (χ1n) is 8.35. The number of amides is 2. The highest BCUT2D eigenvalue weighted by atomic mass is 16.5. The number of aromatic nitrogens is 2. The lowest BCUT2D eigenvalue weighted by atomic mass is 10.2. The van der Waals surface area contributed by atoms with E-state index in [1.165, 1.54) is 13.2 Å². The normalized spacial score (nSPS) is 14.2. The van der Waals surface area contributed by atoms with Gasteiger partial charge in [-0.25, -0.2) is 9.59 Å². The summed E-state index contributed by atoms with van der Waals surface area (Å²) in [7, 11) is 1.20. The Labute approximate surface area is 150 Å². The first-order valence-corrected chi connectivity index (χ1v) is 8.35. The predicted octanol–water partition coefficient (Wildman–Crippen LogP) is 1.90. The van der Waals surface area contributed by atoms with Crippen molar-refractivity contribution >= 4 is 23.8 Å². The SMILES string of the molecule is CCCCOC(=O)N=c1nc(N2CC=CCC2)cc(NC(=O)OC)n1O. The highest BCUT2D eigenvalue weighted by Gasteiger charge is 2.16. The molecule has 2 rings (SSSR count). The maximum absolute atomic E-state index is 11.8. The molecule has 1 aliphatic rings. The number of rotatable bonds is 5. The van der Waals surface area contributed by atoms with E-state index in [1.807, 2.05) is 17.9 Å². The van der Waals surface area contributed by atoms with Crippen LogP contribution < -0.4 is 15.8 Å². The number of ether oxygens (including phenoxy) is 2. The summed E-state index contributed by atoms with van der Waals surface area (Å²) in [5.41, 5.74) is -0.301. The van der Waals surface area contributed by atoms with Crippen molar-refractivity contribution in [2.24, 2.45) is 4.99 Å². The summed E-state index contributed by atoms with van der Waals surface area (Å²) >= 11 is 0. The molecular weight excluding hydrogens is 342 g/mol. The monoisotopic (exact) mass is 365 g/mol. The molecule has 10 nitrogen and oxygen atoms in total. The average molecular weight is 365 g/mol. The van der Waals surface area contributed by atoms with E-state index >= 15 is 0 Å². The molecule has 0 fully saturated rings. The number of carbonyl (C=O) groups is 2. The van der Waals surface area contributed by atoms with Gasteiger partial charge in [0.15, 0.2) is 5.82 Å². The highest BCUT2D eigenvalue weighted by molar-refractivity contribution is 5.83. The van der Waals surface area contributed by atoms with Crippen LogP contribution in [-0.4, -0.2) is 53.9 Å². The Bertz CT molecular complexity index is 743. The Morgan fingerprint density at radius 2 is 2.23 bits per heavy atom. The molecule has 0 spiro atoms. The van der Waals surface area contributed by atoms with Crippen LogP contribution in [0.2, 0.25) is 0 Å². The Morgan fingerprint density at radius 3 is 2.88 bits per heavy atom. The fourth-order valence-electron chi connectivity index (χ4n) is 2.22. The van der Waals surface area contributed by atoms with Crippen molar-refractivity contribution in [3.05, 3.63) is 23.8 Å².